The molecule has 0 N–H and O–H groups in total. The Hall–Kier alpha value is -3.09. The van der Waals surface area contributed by atoms with Gasteiger partial charge in [-0.3, -0.25) is 4.79 Å². The van der Waals surface area contributed by atoms with Crippen molar-refractivity contribution in [1.29, 1.82) is 0 Å². The molecule has 0 aliphatic carbocycles. The summed E-state index contributed by atoms with van der Waals surface area (Å²) < 4.78 is 21.8. The zero-order chi connectivity index (χ0) is 20.4. The number of methoxy groups -OCH3 is 1. The molecule has 6 nitrogen and oxygen atoms in total. The fraction of sp³-hybridized carbons (Fsp3) is 0.364. The molecule has 2 aromatic heterocycles. The van der Waals surface area contributed by atoms with Gasteiger partial charge in [-0.05, 0) is 49.2 Å². The van der Waals surface area contributed by atoms with Crippen molar-refractivity contribution in [3.8, 4) is 5.69 Å². The van der Waals surface area contributed by atoms with E-state index in [1.54, 1.807) is 22.8 Å². The van der Waals surface area contributed by atoms with Gasteiger partial charge in [0.25, 0.3) is 0 Å². The average Bonchev–Trinajstić information content (AvgIpc) is 3.16. The maximum Gasteiger partial charge on any atom is 0.354 e. The SMILES string of the molecule is COC(=O)c1cc2c(ccn2-c2ccc(F)cc2)n1CC(=O)N1CCCCCC1. The predicted octanol–water partition coefficient (Wildman–Crippen LogP) is 3.76. The summed E-state index contributed by atoms with van der Waals surface area (Å²) in [5, 5.41) is 0. The molecule has 1 aliphatic heterocycles. The Morgan fingerprint density at radius 1 is 1.00 bits per heavy atom. The van der Waals surface area contributed by atoms with Crippen molar-refractivity contribution in [2.75, 3.05) is 20.2 Å². The minimum absolute atomic E-state index is 0.00378. The van der Waals surface area contributed by atoms with Crippen LogP contribution in [0.5, 0.6) is 0 Å². The molecule has 3 heterocycles. The van der Waals surface area contributed by atoms with Crippen molar-refractivity contribution in [1.82, 2.24) is 14.0 Å². The first-order valence-electron chi connectivity index (χ1n) is 9.91. The second kappa shape index (κ2) is 8.11. The smallest absolute Gasteiger partial charge is 0.354 e. The molecule has 3 aromatic rings. The van der Waals surface area contributed by atoms with Crippen LogP contribution in [-0.4, -0.2) is 46.1 Å². The Bertz CT molecular complexity index is 1030. The highest BCUT2D eigenvalue weighted by Crippen LogP contribution is 2.26. The van der Waals surface area contributed by atoms with Gasteiger partial charge in [-0.25, -0.2) is 9.18 Å². The Morgan fingerprint density at radius 2 is 1.69 bits per heavy atom. The molecule has 0 radical (unpaired) electrons. The molecular formula is C22H24FN3O3. The number of ether oxygens (including phenoxy) is 1. The first-order valence-corrected chi connectivity index (χ1v) is 9.91. The van der Waals surface area contributed by atoms with Crippen LogP contribution in [-0.2, 0) is 16.1 Å². The summed E-state index contributed by atoms with van der Waals surface area (Å²) in [6, 6.07) is 9.71. The van der Waals surface area contributed by atoms with Crippen LogP contribution in [0.3, 0.4) is 0 Å². The van der Waals surface area contributed by atoms with Gasteiger partial charge in [-0.15, -0.1) is 0 Å². The van der Waals surface area contributed by atoms with Crippen molar-refractivity contribution in [2.24, 2.45) is 0 Å². The normalized spacial score (nSPS) is 14.8. The number of rotatable bonds is 4. The third-order valence-electron chi connectivity index (χ3n) is 5.51. The van der Waals surface area contributed by atoms with Crippen molar-refractivity contribution >= 4 is 22.9 Å². The van der Waals surface area contributed by atoms with Crippen molar-refractivity contribution in [3.63, 3.8) is 0 Å². The van der Waals surface area contributed by atoms with Crippen molar-refractivity contribution < 1.29 is 18.7 Å². The first kappa shape index (κ1) is 19.2. The van der Waals surface area contributed by atoms with Gasteiger partial charge in [0.15, 0.2) is 0 Å². The molecule has 0 saturated carbocycles. The van der Waals surface area contributed by atoms with Gasteiger partial charge in [-0.2, -0.15) is 0 Å². The molecule has 1 fully saturated rings. The van der Waals surface area contributed by atoms with Crippen LogP contribution < -0.4 is 0 Å². The number of aromatic nitrogens is 2. The molecule has 0 atom stereocenters. The van der Waals surface area contributed by atoms with Gasteiger partial charge in [0, 0.05) is 25.0 Å². The van der Waals surface area contributed by atoms with Gasteiger partial charge < -0.3 is 18.8 Å². The van der Waals surface area contributed by atoms with Crippen molar-refractivity contribution in [3.05, 3.63) is 54.1 Å². The largest absolute Gasteiger partial charge is 0.464 e. The summed E-state index contributed by atoms with van der Waals surface area (Å²) in [6.45, 7) is 1.60. The highest BCUT2D eigenvalue weighted by molar-refractivity contribution is 5.96. The van der Waals surface area contributed by atoms with E-state index >= 15 is 0 Å². The van der Waals surface area contributed by atoms with Crippen LogP contribution >= 0.6 is 0 Å². The number of benzene rings is 1. The van der Waals surface area contributed by atoms with Crippen LogP contribution in [0, 0.1) is 5.82 Å². The molecule has 0 bridgehead atoms. The lowest BCUT2D eigenvalue weighted by Crippen LogP contribution is -2.35. The van der Waals surface area contributed by atoms with Crippen LogP contribution in [0.2, 0.25) is 0 Å². The number of hydrogen-bond donors (Lipinski definition) is 0. The van der Waals surface area contributed by atoms with E-state index < -0.39 is 5.97 Å². The van der Waals surface area contributed by atoms with Gasteiger partial charge in [0.1, 0.15) is 18.1 Å². The fourth-order valence-electron chi connectivity index (χ4n) is 3.97. The minimum atomic E-state index is -0.490. The quantitative estimate of drug-likeness (QED) is 0.630. The average molecular weight is 397 g/mol. The standard InChI is InChI=1S/C22H24FN3O3/c1-29-22(28)20-14-19-18(10-13-25(19)17-8-6-16(23)7-9-17)26(20)15-21(27)24-11-4-2-3-5-12-24/h6-10,13-14H,2-5,11-12,15H2,1H3. The summed E-state index contributed by atoms with van der Waals surface area (Å²) in [5.41, 5.74) is 2.63. The Morgan fingerprint density at radius 3 is 2.34 bits per heavy atom. The molecule has 0 spiro atoms. The second-order valence-electron chi connectivity index (χ2n) is 7.33. The molecule has 4 rings (SSSR count). The van der Waals surface area contributed by atoms with Crippen LogP contribution in [0.4, 0.5) is 4.39 Å². The molecule has 1 amide bonds. The summed E-state index contributed by atoms with van der Waals surface area (Å²) in [4.78, 5) is 27.2. The third-order valence-corrected chi connectivity index (χ3v) is 5.51. The topological polar surface area (TPSA) is 56.5 Å². The molecule has 0 unspecified atom stereocenters. The number of esters is 1. The molecule has 152 valence electrons. The van der Waals surface area contributed by atoms with Gasteiger partial charge >= 0.3 is 5.97 Å². The van der Waals surface area contributed by atoms with Crippen molar-refractivity contribution in [2.45, 2.75) is 32.2 Å². The van der Waals surface area contributed by atoms with E-state index in [-0.39, 0.29) is 18.3 Å². The Balaban J connectivity index is 1.72. The van der Waals surface area contributed by atoms with E-state index in [2.05, 4.69) is 0 Å². The lowest BCUT2D eigenvalue weighted by molar-refractivity contribution is -0.131. The van der Waals surface area contributed by atoms with Crippen LogP contribution in [0.25, 0.3) is 16.7 Å². The summed E-state index contributed by atoms with van der Waals surface area (Å²) >= 11 is 0. The summed E-state index contributed by atoms with van der Waals surface area (Å²) in [5.74, 6) is -0.798. The number of carbonyl (C=O) groups excluding carboxylic acids is 2. The maximum atomic E-state index is 13.3. The van der Waals surface area contributed by atoms with Gasteiger partial charge in [0.2, 0.25) is 5.91 Å². The lowest BCUT2D eigenvalue weighted by Gasteiger charge is -2.21. The fourth-order valence-corrected chi connectivity index (χ4v) is 3.97. The first-order chi connectivity index (χ1) is 14.1. The maximum absolute atomic E-state index is 13.3. The molecule has 29 heavy (non-hydrogen) atoms. The molecular weight excluding hydrogens is 373 g/mol. The number of nitrogens with zero attached hydrogens (tertiary/aromatic N) is 3. The highest BCUT2D eigenvalue weighted by atomic mass is 19.1. The monoisotopic (exact) mass is 397 g/mol. The number of halogens is 1. The second-order valence-corrected chi connectivity index (χ2v) is 7.33. The van der Waals surface area contributed by atoms with E-state index in [0.717, 1.165) is 55.5 Å². The minimum Gasteiger partial charge on any atom is -0.464 e. The van der Waals surface area contributed by atoms with E-state index in [9.17, 15) is 14.0 Å². The molecule has 7 heteroatoms. The molecule has 1 aliphatic rings. The number of amides is 1. The number of fused-ring (bicyclic) bond motifs is 1. The summed E-state index contributed by atoms with van der Waals surface area (Å²) in [6.07, 6.45) is 6.16. The van der Waals surface area contributed by atoms with E-state index in [1.165, 1.54) is 19.2 Å². The Kier molecular flexibility index (Phi) is 5.38. The number of likely N-dealkylation sites (tertiary alicyclic amines) is 1. The van der Waals surface area contributed by atoms with Crippen LogP contribution in [0.15, 0.2) is 42.6 Å². The summed E-state index contributed by atoms with van der Waals surface area (Å²) in [7, 11) is 1.33. The Labute approximate surface area is 168 Å². The van der Waals surface area contributed by atoms with Crippen LogP contribution in [0.1, 0.15) is 36.2 Å². The predicted molar refractivity (Wildman–Crippen MR) is 108 cm³/mol. The van der Waals surface area contributed by atoms with Gasteiger partial charge in [-0.1, -0.05) is 12.8 Å². The molecule has 1 aromatic carbocycles. The van der Waals surface area contributed by atoms with E-state index in [4.69, 9.17) is 4.74 Å². The zero-order valence-corrected chi connectivity index (χ0v) is 16.4. The van der Waals surface area contributed by atoms with Gasteiger partial charge in [0.05, 0.1) is 18.1 Å². The van der Waals surface area contributed by atoms with E-state index in [1.807, 2.05) is 21.7 Å². The number of hydrogen-bond acceptors (Lipinski definition) is 3. The van der Waals surface area contributed by atoms with E-state index in [0.29, 0.717) is 5.69 Å². The number of carbonyl (C=O) groups is 2. The zero-order valence-electron chi connectivity index (χ0n) is 16.4. The lowest BCUT2D eigenvalue weighted by atomic mass is 10.2. The molecule has 1 saturated heterocycles. The third kappa shape index (κ3) is 3.77. The highest BCUT2D eigenvalue weighted by Gasteiger charge is 2.23.